The molecule has 0 bridgehead atoms. The van der Waals surface area contributed by atoms with E-state index in [-0.39, 0.29) is 18.2 Å². The Morgan fingerprint density at radius 3 is 2.23 bits per heavy atom. The van der Waals surface area contributed by atoms with Crippen LogP contribution in [0.4, 0.5) is 11.4 Å². The Bertz CT molecular complexity index is 887. The van der Waals surface area contributed by atoms with Crippen LogP contribution in [0.5, 0.6) is 23.0 Å². The van der Waals surface area contributed by atoms with E-state index in [1.54, 1.807) is 17.0 Å². The smallest absolute Gasteiger partial charge is 0.229 e. The number of rotatable bonds is 8. The van der Waals surface area contributed by atoms with Gasteiger partial charge in [0.1, 0.15) is 5.75 Å². The average Bonchev–Trinajstić information content (AvgIpc) is 3.15. The molecule has 1 heterocycles. The highest BCUT2D eigenvalue weighted by molar-refractivity contribution is 6.03. The van der Waals surface area contributed by atoms with Crippen molar-refractivity contribution >= 4 is 23.2 Å². The van der Waals surface area contributed by atoms with Crippen LogP contribution in [0.3, 0.4) is 0 Å². The van der Waals surface area contributed by atoms with Crippen LogP contribution in [0.15, 0.2) is 36.4 Å². The van der Waals surface area contributed by atoms with Gasteiger partial charge in [-0.25, -0.2) is 0 Å². The van der Waals surface area contributed by atoms with E-state index in [1.807, 2.05) is 31.2 Å². The van der Waals surface area contributed by atoms with E-state index in [0.717, 1.165) is 11.4 Å². The predicted molar refractivity (Wildman–Crippen MR) is 113 cm³/mol. The molecule has 3 rings (SSSR count). The van der Waals surface area contributed by atoms with Crippen LogP contribution in [0, 0.1) is 5.92 Å². The number of carbonyl (C=O) groups excluding carboxylic acids is 2. The van der Waals surface area contributed by atoms with E-state index in [4.69, 9.17) is 18.9 Å². The van der Waals surface area contributed by atoms with Crippen LogP contribution in [-0.4, -0.2) is 46.3 Å². The standard InChI is InChI=1S/C22H26N2O6/c1-5-30-17-8-6-16(7-9-17)24-13-14(10-20(24)25)22(26)23-15-11-18(27-2)21(29-4)19(12-15)28-3/h6-9,11-12,14H,5,10,13H2,1-4H3,(H,23,26)/t14-/m0/s1. The molecular weight excluding hydrogens is 388 g/mol. The summed E-state index contributed by atoms with van der Waals surface area (Å²) >= 11 is 0. The van der Waals surface area contributed by atoms with Crippen molar-refractivity contribution in [1.82, 2.24) is 0 Å². The molecule has 1 saturated heterocycles. The van der Waals surface area contributed by atoms with Crippen LogP contribution >= 0.6 is 0 Å². The van der Waals surface area contributed by atoms with Crippen molar-refractivity contribution in [3.63, 3.8) is 0 Å². The van der Waals surface area contributed by atoms with Gasteiger partial charge in [0.2, 0.25) is 17.6 Å². The number of anilines is 2. The number of amides is 2. The molecule has 1 N–H and O–H groups in total. The third-order valence-corrected chi connectivity index (χ3v) is 4.89. The fourth-order valence-electron chi connectivity index (χ4n) is 3.42. The maximum absolute atomic E-state index is 12.8. The molecule has 0 aromatic heterocycles. The fourth-order valence-corrected chi connectivity index (χ4v) is 3.42. The molecule has 2 aromatic carbocycles. The van der Waals surface area contributed by atoms with Gasteiger partial charge >= 0.3 is 0 Å². The van der Waals surface area contributed by atoms with Crippen molar-refractivity contribution in [2.45, 2.75) is 13.3 Å². The molecule has 8 nitrogen and oxygen atoms in total. The lowest BCUT2D eigenvalue weighted by Crippen LogP contribution is -2.28. The van der Waals surface area contributed by atoms with Gasteiger partial charge in [-0.3, -0.25) is 9.59 Å². The zero-order valence-corrected chi connectivity index (χ0v) is 17.6. The summed E-state index contributed by atoms with van der Waals surface area (Å²) in [6.45, 7) is 2.79. The van der Waals surface area contributed by atoms with Gasteiger partial charge < -0.3 is 29.2 Å². The SMILES string of the molecule is CCOc1ccc(N2C[C@@H](C(=O)Nc3cc(OC)c(OC)c(OC)c3)CC2=O)cc1. The van der Waals surface area contributed by atoms with Gasteiger partial charge in [0.25, 0.3) is 0 Å². The number of methoxy groups -OCH3 is 3. The maximum Gasteiger partial charge on any atom is 0.229 e. The highest BCUT2D eigenvalue weighted by Crippen LogP contribution is 2.40. The Labute approximate surface area is 175 Å². The molecule has 2 amide bonds. The minimum Gasteiger partial charge on any atom is -0.494 e. The van der Waals surface area contributed by atoms with Crippen molar-refractivity contribution in [1.29, 1.82) is 0 Å². The molecule has 30 heavy (non-hydrogen) atoms. The van der Waals surface area contributed by atoms with Gasteiger partial charge in [-0.15, -0.1) is 0 Å². The summed E-state index contributed by atoms with van der Waals surface area (Å²) in [4.78, 5) is 26.9. The summed E-state index contributed by atoms with van der Waals surface area (Å²) in [6, 6.07) is 10.6. The van der Waals surface area contributed by atoms with Crippen molar-refractivity contribution in [2.75, 3.05) is 44.7 Å². The lowest BCUT2D eigenvalue weighted by molar-refractivity contribution is -0.122. The zero-order chi connectivity index (χ0) is 21.7. The Morgan fingerprint density at radius 2 is 1.70 bits per heavy atom. The van der Waals surface area contributed by atoms with Crippen LogP contribution in [0.25, 0.3) is 0 Å². The average molecular weight is 414 g/mol. The Kier molecular flexibility index (Phi) is 6.66. The zero-order valence-electron chi connectivity index (χ0n) is 17.6. The molecule has 2 aromatic rings. The molecule has 0 aliphatic carbocycles. The van der Waals surface area contributed by atoms with Crippen LogP contribution in [0.2, 0.25) is 0 Å². The van der Waals surface area contributed by atoms with Gasteiger partial charge in [-0.1, -0.05) is 0 Å². The first-order chi connectivity index (χ1) is 14.5. The largest absolute Gasteiger partial charge is 0.494 e. The highest BCUT2D eigenvalue weighted by Gasteiger charge is 2.35. The third-order valence-electron chi connectivity index (χ3n) is 4.89. The summed E-state index contributed by atoms with van der Waals surface area (Å²) in [7, 11) is 4.53. The number of ether oxygens (including phenoxy) is 4. The summed E-state index contributed by atoms with van der Waals surface area (Å²) < 4.78 is 21.4. The number of hydrogen-bond donors (Lipinski definition) is 1. The van der Waals surface area contributed by atoms with E-state index >= 15 is 0 Å². The summed E-state index contributed by atoms with van der Waals surface area (Å²) in [5.74, 6) is 1.25. The molecule has 1 atom stereocenters. The van der Waals surface area contributed by atoms with Gasteiger partial charge in [-0.2, -0.15) is 0 Å². The summed E-state index contributed by atoms with van der Waals surface area (Å²) in [5.41, 5.74) is 1.24. The number of nitrogens with one attached hydrogen (secondary N) is 1. The molecular formula is C22H26N2O6. The minimum absolute atomic E-state index is 0.0933. The molecule has 160 valence electrons. The second kappa shape index (κ2) is 9.39. The molecule has 1 aliphatic rings. The monoisotopic (exact) mass is 414 g/mol. The normalized spacial score (nSPS) is 15.7. The van der Waals surface area contributed by atoms with Gasteiger partial charge in [0, 0.05) is 36.5 Å². The fraction of sp³-hybridized carbons (Fsp3) is 0.364. The molecule has 0 radical (unpaired) electrons. The summed E-state index contributed by atoms with van der Waals surface area (Å²) in [6.07, 6.45) is 0.142. The highest BCUT2D eigenvalue weighted by atomic mass is 16.5. The summed E-state index contributed by atoms with van der Waals surface area (Å²) in [5, 5.41) is 2.85. The van der Waals surface area contributed by atoms with E-state index in [0.29, 0.717) is 36.1 Å². The lowest BCUT2D eigenvalue weighted by Gasteiger charge is -2.18. The second-order valence-corrected chi connectivity index (χ2v) is 6.74. The van der Waals surface area contributed by atoms with E-state index in [1.165, 1.54) is 21.3 Å². The molecule has 8 heteroatoms. The van der Waals surface area contributed by atoms with Crippen LogP contribution < -0.4 is 29.2 Å². The molecule has 1 fully saturated rings. The van der Waals surface area contributed by atoms with Gasteiger partial charge in [0.15, 0.2) is 11.5 Å². The lowest BCUT2D eigenvalue weighted by atomic mass is 10.1. The van der Waals surface area contributed by atoms with Crippen molar-refractivity contribution in [2.24, 2.45) is 5.92 Å². The Hall–Kier alpha value is -3.42. The van der Waals surface area contributed by atoms with Crippen molar-refractivity contribution in [3.8, 4) is 23.0 Å². The number of benzene rings is 2. The van der Waals surface area contributed by atoms with Crippen LogP contribution in [-0.2, 0) is 9.59 Å². The molecule has 0 saturated carbocycles. The Balaban J connectivity index is 1.71. The van der Waals surface area contributed by atoms with Crippen molar-refractivity contribution < 1.29 is 28.5 Å². The number of hydrogen-bond acceptors (Lipinski definition) is 6. The molecule has 0 spiro atoms. The predicted octanol–water partition coefficient (Wildman–Crippen LogP) is 3.10. The number of nitrogens with zero attached hydrogens (tertiary/aromatic N) is 1. The van der Waals surface area contributed by atoms with Crippen LogP contribution in [0.1, 0.15) is 13.3 Å². The minimum atomic E-state index is -0.469. The van der Waals surface area contributed by atoms with E-state index < -0.39 is 5.92 Å². The first-order valence-corrected chi connectivity index (χ1v) is 9.64. The molecule has 1 aliphatic heterocycles. The maximum atomic E-state index is 12.8. The second-order valence-electron chi connectivity index (χ2n) is 6.74. The van der Waals surface area contributed by atoms with Gasteiger partial charge in [-0.05, 0) is 31.2 Å². The number of carbonyl (C=O) groups is 2. The van der Waals surface area contributed by atoms with Gasteiger partial charge in [0.05, 0.1) is 33.9 Å². The van der Waals surface area contributed by atoms with Crippen molar-refractivity contribution in [3.05, 3.63) is 36.4 Å². The Morgan fingerprint density at radius 1 is 1.07 bits per heavy atom. The van der Waals surface area contributed by atoms with E-state index in [2.05, 4.69) is 5.32 Å². The molecule has 0 unspecified atom stereocenters. The topological polar surface area (TPSA) is 86.3 Å². The first kappa shape index (κ1) is 21.3. The third kappa shape index (κ3) is 4.42. The van der Waals surface area contributed by atoms with E-state index in [9.17, 15) is 9.59 Å². The quantitative estimate of drug-likeness (QED) is 0.714. The first-order valence-electron chi connectivity index (χ1n) is 9.64.